The lowest BCUT2D eigenvalue weighted by atomic mass is 10.0. The van der Waals surface area contributed by atoms with E-state index in [1.807, 2.05) is 78.9 Å². The third-order valence-corrected chi connectivity index (χ3v) is 5.34. The van der Waals surface area contributed by atoms with E-state index < -0.39 is 0 Å². The number of benzene rings is 4. The van der Waals surface area contributed by atoms with Gasteiger partial charge in [0.25, 0.3) is 0 Å². The molecule has 0 saturated carbocycles. The van der Waals surface area contributed by atoms with Crippen LogP contribution in [-0.2, 0) is 6.42 Å². The zero-order valence-corrected chi connectivity index (χ0v) is 17.4. The predicted octanol–water partition coefficient (Wildman–Crippen LogP) is 5.88. The second-order valence-corrected chi connectivity index (χ2v) is 7.39. The van der Waals surface area contributed by atoms with Crippen molar-refractivity contribution in [1.29, 1.82) is 0 Å². The highest BCUT2D eigenvalue weighted by Gasteiger charge is 2.21. The number of fused-ring (bicyclic) bond motifs is 2. The van der Waals surface area contributed by atoms with E-state index in [2.05, 4.69) is 36.1 Å². The van der Waals surface area contributed by atoms with E-state index in [4.69, 9.17) is 9.73 Å². The molecule has 5 rings (SSSR count). The van der Waals surface area contributed by atoms with Crippen molar-refractivity contribution in [1.82, 2.24) is 0 Å². The summed E-state index contributed by atoms with van der Waals surface area (Å²) in [6, 6.07) is 30.2. The van der Waals surface area contributed by atoms with Gasteiger partial charge in [0.05, 0.1) is 17.1 Å². The number of hydrogen-bond acceptors (Lipinski definition) is 4. The predicted molar refractivity (Wildman–Crippen MR) is 127 cm³/mol. The summed E-state index contributed by atoms with van der Waals surface area (Å²) < 4.78 is 6.19. The minimum Gasteiger partial charge on any atom is -0.453 e. The molecule has 0 fully saturated rings. The van der Waals surface area contributed by atoms with Crippen molar-refractivity contribution in [3.05, 3.63) is 107 Å². The molecule has 0 radical (unpaired) electrons. The number of nitrogens with zero attached hydrogens (tertiary/aromatic N) is 2. The van der Waals surface area contributed by atoms with E-state index in [9.17, 15) is 0 Å². The number of rotatable bonds is 5. The molecule has 0 aliphatic carbocycles. The van der Waals surface area contributed by atoms with Gasteiger partial charge in [0, 0.05) is 5.56 Å². The SMILES string of the molecule is C=c1cc2c(c(CC)c1N(Nc1ccccc1)c1ccccc1)=Nc1ccccc1O2. The van der Waals surface area contributed by atoms with E-state index in [1.54, 1.807) is 0 Å². The van der Waals surface area contributed by atoms with Crippen molar-refractivity contribution in [2.75, 3.05) is 10.4 Å². The van der Waals surface area contributed by atoms with Gasteiger partial charge < -0.3 is 4.74 Å². The molecule has 0 bridgehead atoms. The van der Waals surface area contributed by atoms with Gasteiger partial charge in [0.15, 0.2) is 11.5 Å². The quantitative estimate of drug-likeness (QED) is 0.371. The summed E-state index contributed by atoms with van der Waals surface area (Å²) in [7, 11) is 0. The molecule has 0 spiro atoms. The average Bonchev–Trinajstić information content (AvgIpc) is 2.82. The second kappa shape index (κ2) is 8.00. The molecule has 152 valence electrons. The molecule has 4 aromatic carbocycles. The lowest BCUT2D eigenvalue weighted by Crippen LogP contribution is -2.33. The summed E-state index contributed by atoms with van der Waals surface area (Å²) in [5.41, 5.74) is 8.49. The summed E-state index contributed by atoms with van der Waals surface area (Å²) in [6.07, 6.45) is 0.788. The molecule has 1 aliphatic rings. The molecule has 1 N–H and O–H groups in total. The number of ether oxygens (including phenoxy) is 1. The van der Waals surface area contributed by atoms with Crippen molar-refractivity contribution < 1.29 is 4.74 Å². The molecule has 1 heterocycles. The summed E-state index contributed by atoms with van der Waals surface area (Å²) in [4.78, 5) is 4.96. The van der Waals surface area contributed by atoms with Gasteiger partial charge in [-0.2, -0.15) is 0 Å². The topological polar surface area (TPSA) is 36.9 Å². The van der Waals surface area contributed by atoms with Gasteiger partial charge in [-0.25, -0.2) is 4.99 Å². The number of anilines is 3. The van der Waals surface area contributed by atoms with E-state index in [0.717, 1.165) is 56.8 Å². The molecule has 4 nitrogen and oxygen atoms in total. The van der Waals surface area contributed by atoms with E-state index >= 15 is 0 Å². The molecule has 31 heavy (non-hydrogen) atoms. The summed E-state index contributed by atoms with van der Waals surface area (Å²) in [5.74, 6) is 1.52. The molecule has 0 saturated heterocycles. The van der Waals surface area contributed by atoms with Crippen LogP contribution in [0.15, 0.2) is 96.0 Å². The van der Waals surface area contributed by atoms with Crippen LogP contribution in [-0.4, -0.2) is 0 Å². The van der Waals surface area contributed by atoms with Crippen molar-refractivity contribution in [3.8, 4) is 11.5 Å². The Hall–Kier alpha value is -4.05. The first kappa shape index (κ1) is 18.9. The lowest BCUT2D eigenvalue weighted by Gasteiger charge is -2.30. The maximum Gasteiger partial charge on any atom is 0.154 e. The van der Waals surface area contributed by atoms with Gasteiger partial charge in [0.1, 0.15) is 11.0 Å². The maximum absolute atomic E-state index is 6.19. The Bertz CT molecular complexity index is 1330. The zero-order valence-electron chi connectivity index (χ0n) is 17.4. The third kappa shape index (κ3) is 3.53. The van der Waals surface area contributed by atoms with Crippen LogP contribution < -0.4 is 25.7 Å². The Morgan fingerprint density at radius 2 is 1.55 bits per heavy atom. The van der Waals surface area contributed by atoms with E-state index in [1.165, 1.54) is 0 Å². The summed E-state index contributed by atoms with van der Waals surface area (Å²) in [5, 5.41) is 3.82. The van der Waals surface area contributed by atoms with E-state index in [-0.39, 0.29) is 0 Å². The highest BCUT2D eigenvalue weighted by atomic mass is 16.5. The minimum absolute atomic E-state index is 0.747. The number of hydrogen-bond donors (Lipinski definition) is 1. The standard InChI is InChI=1S/C27H23N3O/c1-3-22-26-25(31-24-17-11-10-16-23(24)28-26)18-19(2)27(22)30(21-14-8-5-9-15-21)29-20-12-6-4-7-13-20/h4-18,29H,2-3H2,1H3. The third-order valence-electron chi connectivity index (χ3n) is 5.34. The van der Waals surface area contributed by atoms with Gasteiger partial charge in [0.2, 0.25) is 0 Å². The molecule has 1 aliphatic heterocycles. The van der Waals surface area contributed by atoms with Crippen LogP contribution in [0.4, 0.5) is 22.7 Å². The van der Waals surface area contributed by atoms with Gasteiger partial charge in [-0.3, -0.25) is 10.4 Å². The maximum atomic E-state index is 6.19. The van der Waals surface area contributed by atoms with Gasteiger partial charge in [-0.05, 0) is 54.1 Å². The van der Waals surface area contributed by atoms with Gasteiger partial charge in [-0.1, -0.05) is 62.0 Å². The monoisotopic (exact) mass is 405 g/mol. The largest absolute Gasteiger partial charge is 0.453 e. The van der Waals surface area contributed by atoms with Crippen LogP contribution in [0.2, 0.25) is 0 Å². The van der Waals surface area contributed by atoms with E-state index in [0.29, 0.717) is 0 Å². The molecule has 4 heteroatoms. The summed E-state index contributed by atoms with van der Waals surface area (Å²) >= 11 is 0. The fourth-order valence-electron chi connectivity index (χ4n) is 3.91. The van der Waals surface area contributed by atoms with Crippen LogP contribution >= 0.6 is 0 Å². The first-order chi connectivity index (χ1) is 15.2. The number of nitrogens with one attached hydrogen (secondary N) is 1. The van der Waals surface area contributed by atoms with Crippen molar-refractivity contribution >= 4 is 29.3 Å². The molecule has 4 aromatic rings. The first-order valence-electron chi connectivity index (χ1n) is 10.4. The van der Waals surface area contributed by atoms with Gasteiger partial charge >= 0.3 is 0 Å². The highest BCUT2D eigenvalue weighted by molar-refractivity contribution is 5.73. The Morgan fingerprint density at radius 1 is 0.871 bits per heavy atom. The van der Waals surface area contributed by atoms with Crippen LogP contribution in [0.1, 0.15) is 12.5 Å². The fourth-order valence-corrected chi connectivity index (χ4v) is 3.91. The first-order valence-corrected chi connectivity index (χ1v) is 10.4. The second-order valence-electron chi connectivity index (χ2n) is 7.39. The van der Waals surface area contributed by atoms with Crippen LogP contribution in [0.25, 0.3) is 6.58 Å². The molecule has 0 amide bonds. The average molecular weight is 406 g/mol. The zero-order chi connectivity index (χ0) is 21.2. The number of hydrazine groups is 1. The lowest BCUT2D eigenvalue weighted by molar-refractivity contribution is 0.468. The molecular formula is C27H23N3O. The Morgan fingerprint density at radius 3 is 2.29 bits per heavy atom. The molecule has 0 unspecified atom stereocenters. The Balaban J connectivity index is 1.74. The number of para-hydroxylation sites is 4. The van der Waals surface area contributed by atoms with Crippen LogP contribution in [0.5, 0.6) is 11.5 Å². The van der Waals surface area contributed by atoms with Crippen molar-refractivity contribution in [2.45, 2.75) is 13.3 Å². The minimum atomic E-state index is 0.747. The molecule has 0 atom stereocenters. The van der Waals surface area contributed by atoms with Crippen molar-refractivity contribution in [2.24, 2.45) is 4.99 Å². The fraction of sp³-hybridized carbons (Fsp3) is 0.0741. The normalized spacial score (nSPS) is 11.5. The van der Waals surface area contributed by atoms with Gasteiger partial charge in [-0.15, -0.1) is 0 Å². The van der Waals surface area contributed by atoms with Crippen molar-refractivity contribution in [3.63, 3.8) is 0 Å². The summed E-state index contributed by atoms with van der Waals surface area (Å²) in [6.45, 7) is 6.52. The van der Waals surface area contributed by atoms with Crippen LogP contribution in [0.3, 0.4) is 0 Å². The smallest absolute Gasteiger partial charge is 0.154 e. The van der Waals surface area contributed by atoms with Crippen LogP contribution in [0, 0.1) is 0 Å². The highest BCUT2D eigenvalue weighted by Crippen LogP contribution is 2.35. The molecule has 0 aromatic heterocycles. The Labute approximate surface area is 181 Å². The molecular weight excluding hydrogens is 382 g/mol. The Kier molecular flexibility index (Phi) is 4.89.